The van der Waals surface area contributed by atoms with Gasteiger partial charge in [0.1, 0.15) is 30.5 Å². The summed E-state index contributed by atoms with van der Waals surface area (Å²) in [7, 11) is 0. The Kier molecular flexibility index (Phi) is 5.38. The van der Waals surface area contributed by atoms with E-state index in [1.165, 1.54) is 12.1 Å². The summed E-state index contributed by atoms with van der Waals surface area (Å²) in [5.41, 5.74) is 6.19. The van der Waals surface area contributed by atoms with E-state index in [1.807, 2.05) is 24.3 Å². The smallest absolute Gasteiger partial charge is 0.124 e. The Morgan fingerprint density at radius 1 is 1.05 bits per heavy atom. The molecule has 0 aromatic heterocycles. The maximum atomic E-state index is 13.0. The van der Waals surface area contributed by atoms with E-state index in [4.69, 9.17) is 15.2 Å². The first-order chi connectivity index (χ1) is 9.69. The Morgan fingerprint density at radius 3 is 2.60 bits per heavy atom. The first-order valence-electron chi connectivity index (χ1n) is 6.18. The molecule has 3 nitrogen and oxygen atoms in total. The Labute approximate surface area is 125 Å². The average Bonchev–Trinajstić information content (AvgIpc) is 2.45. The highest BCUT2D eigenvalue weighted by molar-refractivity contribution is 9.10. The molecule has 0 spiro atoms. The van der Waals surface area contributed by atoms with Crippen molar-refractivity contribution in [2.45, 2.75) is 6.54 Å². The van der Waals surface area contributed by atoms with Gasteiger partial charge in [-0.3, -0.25) is 0 Å². The number of hydrogen-bond acceptors (Lipinski definition) is 3. The van der Waals surface area contributed by atoms with Crippen LogP contribution in [0, 0.1) is 5.82 Å². The number of benzene rings is 2. The number of halogens is 2. The first kappa shape index (κ1) is 14.8. The predicted octanol–water partition coefficient (Wildman–Crippen LogP) is 3.50. The number of nitrogens with two attached hydrogens (primary N) is 1. The van der Waals surface area contributed by atoms with Crippen LogP contribution in [-0.4, -0.2) is 13.2 Å². The van der Waals surface area contributed by atoms with Crippen molar-refractivity contribution in [3.63, 3.8) is 0 Å². The molecule has 0 fully saturated rings. The summed E-state index contributed by atoms with van der Waals surface area (Å²) < 4.78 is 25.1. The third-order valence-electron chi connectivity index (χ3n) is 2.65. The highest BCUT2D eigenvalue weighted by Gasteiger charge is 2.04. The lowest BCUT2D eigenvalue weighted by molar-refractivity contribution is 0.215. The van der Waals surface area contributed by atoms with Crippen molar-refractivity contribution in [3.05, 3.63) is 58.3 Å². The van der Waals surface area contributed by atoms with Gasteiger partial charge in [0.25, 0.3) is 0 Å². The van der Waals surface area contributed by atoms with Crippen molar-refractivity contribution in [1.29, 1.82) is 0 Å². The fourth-order valence-corrected chi connectivity index (χ4v) is 2.09. The molecule has 0 heterocycles. The zero-order chi connectivity index (χ0) is 14.4. The maximum Gasteiger partial charge on any atom is 0.124 e. The summed E-state index contributed by atoms with van der Waals surface area (Å²) in [5, 5.41) is 0. The fraction of sp³-hybridized carbons (Fsp3) is 0.200. The van der Waals surface area contributed by atoms with E-state index in [-0.39, 0.29) is 12.4 Å². The molecule has 5 heteroatoms. The summed E-state index contributed by atoms with van der Waals surface area (Å²) in [6.45, 7) is 1.00. The lowest BCUT2D eigenvalue weighted by atomic mass is 10.2. The molecule has 0 bridgehead atoms. The summed E-state index contributed by atoms with van der Waals surface area (Å²) in [6.07, 6.45) is 0. The van der Waals surface area contributed by atoms with Gasteiger partial charge in [0.2, 0.25) is 0 Å². The average molecular weight is 340 g/mol. The van der Waals surface area contributed by atoms with Crippen LogP contribution in [0.2, 0.25) is 0 Å². The molecule has 0 atom stereocenters. The molecule has 2 aromatic carbocycles. The van der Waals surface area contributed by atoms with Gasteiger partial charge in [-0.15, -0.1) is 0 Å². The van der Waals surface area contributed by atoms with Gasteiger partial charge < -0.3 is 15.2 Å². The molecule has 0 saturated heterocycles. The van der Waals surface area contributed by atoms with Crippen LogP contribution in [0.15, 0.2) is 46.9 Å². The highest BCUT2D eigenvalue weighted by Crippen LogP contribution is 2.20. The van der Waals surface area contributed by atoms with Gasteiger partial charge in [-0.1, -0.05) is 22.0 Å². The Morgan fingerprint density at radius 2 is 1.85 bits per heavy atom. The van der Waals surface area contributed by atoms with Gasteiger partial charge in [-0.05, 0) is 36.4 Å². The van der Waals surface area contributed by atoms with Crippen molar-refractivity contribution < 1.29 is 13.9 Å². The third kappa shape index (κ3) is 4.21. The minimum Gasteiger partial charge on any atom is -0.490 e. The van der Waals surface area contributed by atoms with Crippen LogP contribution in [0.1, 0.15) is 5.56 Å². The fourth-order valence-electron chi connectivity index (χ4n) is 1.72. The van der Waals surface area contributed by atoms with E-state index in [1.54, 1.807) is 6.07 Å². The Hall–Kier alpha value is -1.59. The molecule has 0 aliphatic heterocycles. The monoisotopic (exact) mass is 339 g/mol. The highest BCUT2D eigenvalue weighted by atomic mass is 79.9. The largest absolute Gasteiger partial charge is 0.490 e. The minimum absolute atomic E-state index is 0.236. The summed E-state index contributed by atoms with van der Waals surface area (Å²) in [6, 6.07) is 11.9. The van der Waals surface area contributed by atoms with E-state index in [2.05, 4.69) is 15.9 Å². The van der Waals surface area contributed by atoms with Crippen LogP contribution >= 0.6 is 15.9 Å². The predicted molar refractivity (Wildman–Crippen MR) is 79.4 cm³/mol. The van der Waals surface area contributed by atoms with Gasteiger partial charge in [0.15, 0.2) is 0 Å². The maximum absolute atomic E-state index is 13.0. The second-order valence-corrected chi connectivity index (χ2v) is 5.03. The standard InChI is InChI=1S/C15H15BrFNO2/c16-12-2-1-3-14(9-12)19-6-7-20-15-5-4-13(17)8-11(15)10-18/h1-5,8-9H,6-7,10,18H2. The van der Waals surface area contributed by atoms with Gasteiger partial charge in [-0.2, -0.15) is 0 Å². The number of rotatable bonds is 6. The van der Waals surface area contributed by atoms with Gasteiger partial charge in [-0.25, -0.2) is 4.39 Å². The quantitative estimate of drug-likeness (QED) is 0.819. The Bertz CT molecular complexity index is 578. The minimum atomic E-state index is -0.316. The lowest BCUT2D eigenvalue weighted by Gasteiger charge is -2.11. The molecular weight excluding hydrogens is 325 g/mol. The van der Waals surface area contributed by atoms with E-state index < -0.39 is 0 Å². The zero-order valence-electron chi connectivity index (χ0n) is 10.8. The van der Waals surface area contributed by atoms with Crippen LogP contribution in [0.5, 0.6) is 11.5 Å². The van der Waals surface area contributed by atoms with Crippen molar-refractivity contribution in [1.82, 2.24) is 0 Å². The molecule has 0 amide bonds. The van der Waals surface area contributed by atoms with Gasteiger partial charge in [0, 0.05) is 16.6 Å². The molecule has 106 valence electrons. The normalized spacial score (nSPS) is 10.3. The molecule has 0 aliphatic carbocycles. The molecular formula is C15H15BrFNO2. The number of ether oxygens (including phenoxy) is 2. The van der Waals surface area contributed by atoms with Crippen LogP contribution < -0.4 is 15.2 Å². The second kappa shape index (κ2) is 7.26. The molecule has 0 unspecified atom stereocenters. The second-order valence-electron chi connectivity index (χ2n) is 4.11. The van der Waals surface area contributed by atoms with Crippen LogP contribution in [0.25, 0.3) is 0 Å². The third-order valence-corrected chi connectivity index (χ3v) is 3.14. The molecule has 2 rings (SSSR count). The number of hydrogen-bond donors (Lipinski definition) is 1. The SMILES string of the molecule is NCc1cc(F)ccc1OCCOc1cccc(Br)c1. The molecule has 2 aromatic rings. The van der Waals surface area contributed by atoms with Crippen molar-refractivity contribution in [2.75, 3.05) is 13.2 Å². The van der Waals surface area contributed by atoms with Crippen molar-refractivity contribution in [2.24, 2.45) is 5.73 Å². The summed E-state index contributed by atoms with van der Waals surface area (Å²) >= 11 is 3.37. The van der Waals surface area contributed by atoms with E-state index >= 15 is 0 Å². The molecule has 20 heavy (non-hydrogen) atoms. The summed E-state index contributed by atoms with van der Waals surface area (Å²) in [4.78, 5) is 0. The lowest BCUT2D eigenvalue weighted by Crippen LogP contribution is -2.11. The molecule has 0 radical (unpaired) electrons. The summed E-state index contributed by atoms with van der Waals surface area (Å²) in [5.74, 6) is 1.04. The molecule has 2 N–H and O–H groups in total. The Balaban J connectivity index is 1.84. The van der Waals surface area contributed by atoms with Crippen LogP contribution in [-0.2, 0) is 6.54 Å². The van der Waals surface area contributed by atoms with E-state index in [9.17, 15) is 4.39 Å². The van der Waals surface area contributed by atoms with Gasteiger partial charge >= 0.3 is 0 Å². The zero-order valence-corrected chi connectivity index (χ0v) is 12.4. The first-order valence-corrected chi connectivity index (χ1v) is 6.98. The van der Waals surface area contributed by atoms with Gasteiger partial charge in [0.05, 0.1) is 0 Å². The van der Waals surface area contributed by atoms with Crippen molar-refractivity contribution in [3.8, 4) is 11.5 Å². The molecule has 0 aliphatic rings. The van der Waals surface area contributed by atoms with Crippen LogP contribution in [0.3, 0.4) is 0 Å². The van der Waals surface area contributed by atoms with E-state index in [0.717, 1.165) is 10.2 Å². The topological polar surface area (TPSA) is 44.5 Å². The van der Waals surface area contributed by atoms with Crippen molar-refractivity contribution >= 4 is 15.9 Å². The van der Waals surface area contributed by atoms with Crippen LogP contribution in [0.4, 0.5) is 4.39 Å². The molecule has 0 saturated carbocycles. The van der Waals surface area contributed by atoms with E-state index in [0.29, 0.717) is 24.5 Å².